The Bertz CT molecular complexity index is 925. The van der Waals surface area contributed by atoms with Gasteiger partial charge < -0.3 is 9.47 Å². The quantitative estimate of drug-likeness (QED) is 0.475. The van der Waals surface area contributed by atoms with Gasteiger partial charge in [-0.2, -0.15) is 0 Å². The molecule has 0 unspecified atom stereocenters. The monoisotopic (exact) mass is 446 g/mol. The molecular weight excluding hydrogens is 408 g/mol. The molecule has 2 aliphatic heterocycles. The van der Waals surface area contributed by atoms with E-state index in [1.54, 1.807) is 0 Å². The van der Waals surface area contributed by atoms with Crippen molar-refractivity contribution < 1.29 is 9.47 Å². The third-order valence-electron chi connectivity index (χ3n) is 8.03. The summed E-state index contributed by atoms with van der Waals surface area (Å²) in [6, 6.07) is 21.3. The van der Waals surface area contributed by atoms with Gasteiger partial charge in [-0.05, 0) is 24.0 Å². The van der Waals surface area contributed by atoms with Crippen molar-refractivity contribution in [2.45, 2.75) is 77.3 Å². The standard InChI is InChI=1S/C29H38N2O2/c1-7-29(8-2,25-30-23(19-32-25)27(3,4)21-15-11-9-12-16-21)26-31-24(20-33-26)28(5,6)22-17-13-10-14-18-22/h9-18,23-24H,7-8,19-20H2,1-6H3/t23-,24-/m1/s1. The zero-order chi connectivity index (χ0) is 23.7. The number of hydrogen-bond acceptors (Lipinski definition) is 4. The molecule has 0 aromatic heterocycles. The predicted octanol–water partition coefficient (Wildman–Crippen LogP) is 6.34. The van der Waals surface area contributed by atoms with E-state index in [9.17, 15) is 0 Å². The van der Waals surface area contributed by atoms with Gasteiger partial charge in [-0.1, -0.05) is 102 Å². The van der Waals surface area contributed by atoms with Crippen LogP contribution in [0, 0.1) is 5.41 Å². The van der Waals surface area contributed by atoms with E-state index in [2.05, 4.69) is 102 Å². The highest BCUT2D eigenvalue weighted by molar-refractivity contribution is 6.06. The molecule has 0 saturated carbocycles. The summed E-state index contributed by atoms with van der Waals surface area (Å²) in [5.74, 6) is 1.58. The third-order valence-corrected chi connectivity index (χ3v) is 8.03. The minimum atomic E-state index is -0.414. The molecule has 4 heteroatoms. The maximum Gasteiger partial charge on any atom is 0.199 e. The van der Waals surface area contributed by atoms with Gasteiger partial charge in [0.05, 0.1) is 12.1 Å². The molecule has 0 saturated heterocycles. The fourth-order valence-corrected chi connectivity index (χ4v) is 5.08. The number of aliphatic imine (C=N–C) groups is 2. The second-order valence-corrected chi connectivity index (χ2v) is 10.5. The Kier molecular flexibility index (Phi) is 6.39. The van der Waals surface area contributed by atoms with Crippen molar-refractivity contribution in [3.63, 3.8) is 0 Å². The first-order valence-corrected chi connectivity index (χ1v) is 12.3. The van der Waals surface area contributed by atoms with E-state index in [-0.39, 0.29) is 22.9 Å². The number of rotatable bonds is 8. The number of nitrogens with zero attached hydrogens (tertiary/aromatic N) is 2. The highest BCUT2D eigenvalue weighted by Crippen LogP contribution is 2.41. The lowest BCUT2D eigenvalue weighted by atomic mass is 9.78. The number of hydrogen-bond donors (Lipinski definition) is 0. The van der Waals surface area contributed by atoms with Crippen molar-refractivity contribution in [3.8, 4) is 0 Å². The van der Waals surface area contributed by atoms with Gasteiger partial charge in [-0.15, -0.1) is 0 Å². The summed E-state index contributed by atoms with van der Waals surface area (Å²) in [5.41, 5.74) is 1.91. The van der Waals surface area contributed by atoms with Crippen LogP contribution in [0.15, 0.2) is 70.6 Å². The average Bonchev–Trinajstić information content (AvgIpc) is 3.54. The molecule has 2 aromatic carbocycles. The zero-order valence-corrected chi connectivity index (χ0v) is 21.0. The Labute approximate surface area is 199 Å². The van der Waals surface area contributed by atoms with Crippen molar-refractivity contribution >= 4 is 11.8 Å². The van der Waals surface area contributed by atoms with E-state index >= 15 is 0 Å². The van der Waals surface area contributed by atoms with Gasteiger partial charge in [0.25, 0.3) is 0 Å². The second kappa shape index (κ2) is 8.96. The van der Waals surface area contributed by atoms with Crippen LogP contribution >= 0.6 is 0 Å². The fraction of sp³-hybridized carbons (Fsp3) is 0.517. The van der Waals surface area contributed by atoms with E-state index in [1.807, 2.05) is 0 Å². The van der Waals surface area contributed by atoms with Crippen molar-refractivity contribution in [2.24, 2.45) is 15.4 Å². The molecule has 0 fully saturated rings. The lowest BCUT2D eigenvalue weighted by Crippen LogP contribution is -2.39. The smallest absolute Gasteiger partial charge is 0.199 e. The van der Waals surface area contributed by atoms with Gasteiger partial charge in [-0.25, -0.2) is 9.98 Å². The van der Waals surface area contributed by atoms with E-state index in [1.165, 1.54) is 11.1 Å². The van der Waals surface area contributed by atoms with Crippen LogP contribution < -0.4 is 0 Å². The summed E-state index contributed by atoms with van der Waals surface area (Å²) in [6.45, 7) is 14.6. The van der Waals surface area contributed by atoms with Crippen molar-refractivity contribution in [3.05, 3.63) is 71.8 Å². The molecule has 0 N–H and O–H groups in total. The summed E-state index contributed by atoms with van der Waals surface area (Å²) in [4.78, 5) is 10.3. The summed E-state index contributed by atoms with van der Waals surface area (Å²) >= 11 is 0. The Morgan fingerprint density at radius 1 is 0.667 bits per heavy atom. The molecule has 2 heterocycles. The first-order valence-electron chi connectivity index (χ1n) is 12.3. The molecule has 0 radical (unpaired) electrons. The van der Waals surface area contributed by atoms with Crippen LogP contribution in [0.5, 0.6) is 0 Å². The molecule has 4 nitrogen and oxygen atoms in total. The molecule has 2 aromatic rings. The second-order valence-electron chi connectivity index (χ2n) is 10.5. The fourth-order valence-electron chi connectivity index (χ4n) is 5.08. The summed E-state index contributed by atoms with van der Waals surface area (Å²) < 4.78 is 12.7. The Balaban J connectivity index is 1.64. The molecule has 176 valence electrons. The molecule has 33 heavy (non-hydrogen) atoms. The summed E-state index contributed by atoms with van der Waals surface area (Å²) in [5, 5.41) is 0. The van der Waals surface area contributed by atoms with Gasteiger partial charge in [0, 0.05) is 10.8 Å². The van der Waals surface area contributed by atoms with Crippen molar-refractivity contribution in [1.29, 1.82) is 0 Å². The van der Waals surface area contributed by atoms with Crippen LogP contribution in [-0.4, -0.2) is 37.1 Å². The Morgan fingerprint density at radius 2 is 1.03 bits per heavy atom. The summed E-state index contributed by atoms with van der Waals surface area (Å²) in [6.07, 6.45) is 1.69. The minimum Gasteiger partial charge on any atom is -0.478 e. The number of ether oxygens (including phenoxy) is 2. The first-order chi connectivity index (χ1) is 15.8. The van der Waals surface area contributed by atoms with Gasteiger partial charge >= 0.3 is 0 Å². The normalized spacial score (nSPS) is 21.3. The van der Waals surface area contributed by atoms with Crippen LogP contribution in [0.2, 0.25) is 0 Å². The van der Waals surface area contributed by atoms with Crippen LogP contribution in [0.4, 0.5) is 0 Å². The lowest BCUT2D eigenvalue weighted by Gasteiger charge is -2.30. The maximum atomic E-state index is 6.33. The van der Waals surface area contributed by atoms with Crippen LogP contribution in [-0.2, 0) is 20.3 Å². The lowest BCUT2D eigenvalue weighted by molar-refractivity contribution is 0.224. The van der Waals surface area contributed by atoms with Crippen molar-refractivity contribution in [1.82, 2.24) is 0 Å². The number of benzene rings is 2. The largest absolute Gasteiger partial charge is 0.478 e. The van der Waals surface area contributed by atoms with Gasteiger partial charge in [0.2, 0.25) is 0 Å². The van der Waals surface area contributed by atoms with E-state index < -0.39 is 5.41 Å². The molecule has 2 atom stereocenters. The molecule has 2 aliphatic rings. The molecule has 0 amide bonds. The third kappa shape index (κ3) is 4.09. The van der Waals surface area contributed by atoms with E-state index in [4.69, 9.17) is 19.5 Å². The molecular formula is C29H38N2O2. The molecule has 0 aliphatic carbocycles. The van der Waals surface area contributed by atoms with Gasteiger partial charge in [0.1, 0.15) is 18.6 Å². The maximum absolute atomic E-state index is 6.33. The van der Waals surface area contributed by atoms with Crippen molar-refractivity contribution in [2.75, 3.05) is 13.2 Å². The predicted molar refractivity (Wildman–Crippen MR) is 136 cm³/mol. The van der Waals surface area contributed by atoms with Gasteiger partial charge in [0.15, 0.2) is 11.8 Å². The van der Waals surface area contributed by atoms with Crippen LogP contribution in [0.3, 0.4) is 0 Å². The highest BCUT2D eigenvalue weighted by atomic mass is 16.5. The SMILES string of the molecule is CCC(CC)(C1=N[C@@H](C(C)(C)c2ccccc2)CO1)C1=N[C@@H](C(C)(C)c2ccccc2)CO1. The van der Waals surface area contributed by atoms with E-state index in [0.29, 0.717) is 13.2 Å². The molecule has 0 bridgehead atoms. The molecule has 4 rings (SSSR count). The topological polar surface area (TPSA) is 43.2 Å². The minimum absolute atomic E-state index is 0.0611. The van der Waals surface area contributed by atoms with Gasteiger partial charge in [-0.3, -0.25) is 0 Å². The first kappa shape index (κ1) is 23.5. The zero-order valence-electron chi connectivity index (χ0n) is 21.0. The highest BCUT2D eigenvalue weighted by Gasteiger charge is 2.49. The molecule has 0 spiro atoms. The summed E-state index contributed by atoms with van der Waals surface area (Å²) in [7, 11) is 0. The van der Waals surface area contributed by atoms with Crippen LogP contribution in [0.1, 0.15) is 65.5 Å². The van der Waals surface area contributed by atoms with Crippen LogP contribution in [0.25, 0.3) is 0 Å². The Hall–Kier alpha value is -2.62. The average molecular weight is 447 g/mol. The Morgan fingerprint density at radius 3 is 1.36 bits per heavy atom. The van der Waals surface area contributed by atoms with E-state index in [0.717, 1.165) is 24.6 Å².